The molecule has 38 heavy (non-hydrogen) atoms. The number of Topliss-reactive ketones (excluding diaryl/α,β-unsaturated/α-hetero) is 2. The van der Waals surface area contributed by atoms with E-state index in [0.29, 0.717) is 65.3 Å². The van der Waals surface area contributed by atoms with Crippen molar-refractivity contribution in [3.05, 3.63) is 82.3 Å². The molecule has 1 amide bonds. The monoisotopic (exact) mass is 513 g/mol. The standard InChI is InChI=1S/C32H35NO5/c1-19-9-8-10-20(13-19)33-27(36)18-37-24-12-7-6-11-21(24)28-29-22(34)14-31(2,3)16-25(29)38-26-17-32(4,5)15-23(35)30(26)28/h6-13,28H,14-18H2,1-5H3,(H,33,36). The first-order chi connectivity index (χ1) is 17.9. The third-order valence-electron chi connectivity index (χ3n) is 7.47. The van der Waals surface area contributed by atoms with Crippen LogP contribution in [0.1, 0.15) is 70.4 Å². The first kappa shape index (κ1) is 26.0. The number of aryl methyl sites for hydroxylation is 1. The lowest BCUT2D eigenvalue weighted by Crippen LogP contribution is -2.37. The number of nitrogens with one attached hydrogen (secondary N) is 1. The minimum atomic E-state index is -0.572. The molecule has 0 atom stereocenters. The molecule has 0 fully saturated rings. The zero-order valence-electron chi connectivity index (χ0n) is 22.8. The Balaban J connectivity index is 1.51. The Morgan fingerprint density at radius 2 is 1.50 bits per heavy atom. The number of para-hydroxylation sites is 1. The normalized spacial score (nSPS) is 20.4. The fourth-order valence-corrected chi connectivity index (χ4v) is 5.90. The first-order valence-electron chi connectivity index (χ1n) is 13.2. The molecule has 1 aliphatic heterocycles. The van der Waals surface area contributed by atoms with Crippen LogP contribution in [0, 0.1) is 17.8 Å². The Morgan fingerprint density at radius 1 is 0.895 bits per heavy atom. The summed E-state index contributed by atoms with van der Waals surface area (Å²) in [5.41, 5.74) is 3.11. The average molecular weight is 514 g/mol. The molecule has 0 unspecified atom stereocenters. The zero-order chi connectivity index (χ0) is 27.2. The lowest BCUT2D eigenvalue weighted by Gasteiger charge is -2.43. The number of amides is 1. The predicted octanol–water partition coefficient (Wildman–Crippen LogP) is 6.41. The summed E-state index contributed by atoms with van der Waals surface area (Å²) < 4.78 is 12.4. The van der Waals surface area contributed by atoms with Gasteiger partial charge in [0, 0.05) is 48.1 Å². The number of rotatable bonds is 5. The summed E-state index contributed by atoms with van der Waals surface area (Å²) in [6.07, 6.45) is 2.02. The second kappa shape index (κ2) is 9.57. The summed E-state index contributed by atoms with van der Waals surface area (Å²) >= 11 is 0. The summed E-state index contributed by atoms with van der Waals surface area (Å²) in [4.78, 5) is 39.8. The van der Waals surface area contributed by atoms with Crippen molar-refractivity contribution < 1.29 is 23.9 Å². The number of allylic oxidation sites excluding steroid dienone is 4. The Morgan fingerprint density at radius 3 is 2.11 bits per heavy atom. The van der Waals surface area contributed by atoms with Gasteiger partial charge in [0.1, 0.15) is 17.3 Å². The van der Waals surface area contributed by atoms with E-state index in [-0.39, 0.29) is 34.9 Å². The molecule has 0 saturated heterocycles. The van der Waals surface area contributed by atoms with Crippen molar-refractivity contribution in [3.63, 3.8) is 0 Å². The molecule has 198 valence electrons. The van der Waals surface area contributed by atoms with E-state index in [0.717, 1.165) is 5.56 Å². The first-order valence-corrected chi connectivity index (χ1v) is 13.2. The van der Waals surface area contributed by atoms with Crippen molar-refractivity contribution in [1.82, 2.24) is 0 Å². The number of anilines is 1. The van der Waals surface area contributed by atoms with Crippen molar-refractivity contribution in [2.45, 2.75) is 66.2 Å². The number of hydrogen-bond donors (Lipinski definition) is 1. The van der Waals surface area contributed by atoms with E-state index < -0.39 is 5.92 Å². The van der Waals surface area contributed by atoms with E-state index in [1.54, 1.807) is 6.07 Å². The topological polar surface area (TPSA) is 81.7 Å². The van der Waals surface area contributed by atoms with Gasteiger partial charge in [0.05, 0.1) is 5.92 Å². The molecule has 2 aromatic rings. The van der Waals surface area contributed by atoms with Gasteiger partial charge in [-0.25, -0.2) is 0 Å². The molecule has 5 rings (SSSR count). The summed E-state index contributed by atoms with van der Waals surface area (Å²) in [6.45, 7) is 10.0. The highest BCUT2D eigenvalue weighted by Crippen LogP contribution is 2.54. The van der Waals surface area contributed by atoms with E-state index in [1.165, 1.54) is 0 Å². The van der Waals surface area contributed by atoms with Crippen molar-refractivity contribution in [2.24, 2.45) is 10.8 Å². The third-order valence-corrected chi connectivity index (χ3v) is 7.47. The molecule has 0 spiro atoms. The molecule has 0 bridgehead atoms. The van der Waals surface area contributed by atoms with E-state index in [4.69, 9.17) is 9.47 Å². The molecule has 0 radical (unpaired) electrons. The maximum atomic E-state index is 13.6. The Hall–Kier alpha value is -3.67. The zero-order valence-corrected chi connectivity index (χ0v) is 22.8. The molecule has 0 saturated carbocycles. The smallest absolute Gasteiger partial charge is 0.262 e. The quantitative estimate of drug-likeness (QED) is 0.499. The lowest BCUT2D eigenvalue weighted by molar-refractivity contribution is -0.121. The SMILES string of the molecule is Cc1cccc(NC(=O)COc2ccccc2C2C3=C(CC(C)(C)CC3=O)OC3=C2C(=O)CC(C)(C)C3)c1. The van der Waals surface area contributed by atoms with Crippen LogP contribution < -0.4 is 10.1 Å². The number of carbonyl (C=O) groups is 3. The maximum absolute atomic E-state index is 13.6. The molecule has 3 aliphatic rings. The van der Waals surface area contributed by atoms with Gasteiger partial charge in [0.15, 0.2) is 18.2 Å². The second-order valence-corrected chi connectivity index (χ2v) is 12.3. The van der Waals surface area contributed by atoms with Crippen molar-refractivity contribution in [2.75, 3.05) is 11.9 Å². The molecule has 6 heteroatoms. The van der Waals surface area contributed by atoms with Gasteiger partial charge in [-0.3, -0.25) is 14.4 Å². The van der Waals surface area contributed by atoms with Gasteiger partial charge in [-0.1, -0.05) is 58.0 Å². The number of ether oxygens (including phenoxy) is 2. The van der Waals surface area contributed by atoms with Gasteiger partial charge < -0.3 is 14.8 Å². The van der Waals surface area contributed by atoms with Gasteiger partial charge in [-0.05, 0) is 41.5 Å². The summed E-state index contributed by atoms with van der Waals surface area (Å²) in [7, 11) is 0. The molecule has 2 aliphatic carbocycles. The molecular formula is C32H35NO5. The van der Waals surface area contributed by atoms with Gasteiger partial charge in [-0.15, -0.1) is 0 Å². The average Bonchev–Trinajstić information content (AvgIpc) is 2.80. The van der Waals surface area contributed by atoms with Crippen LogP contribution >= 0.6 is 0 Å². The van der Waals surface area contributed by atoms with Crippen molar-refractivity contribution in [1.29, 1.82) is 0 Å². The van der Waals surface area contributed by atoms with E-state index in [2.05, 4.69) is 33.0 Å². The molecular weight excluding hydrogens is 478 g/mol. The minimum Gasteiger partial charge on any atom is -0.483 e. The Bertz CT molecular complexity index is 1340. The van der Waals surface area contributed by atoms with Crippen molar-refractivity contribution >= 4 is 23.2 Å². The summed E-state index contributed by atoms with van der Waals surface area (Å²) in [5.74, 6) is 0.933. The van der Waals surface area contributed by atoms with E-state index >= 15 is 0 Å². The molecule has 0 aromatic heterocycles. The largest absolute Gasteiger partial charge is 0.483 e. The van der Waals surface area contributed by atoms with Crippen LogP contribution in [0.4, 0.5) is 5.69 Å². The van der Waals surface area contributed by atoms with Gasteiger partial charge in [0.2, 0.25) is 0 Å². The highest BCUT2D eigenvalue weighted by Gasteiger charge is 2.48. The van der Waals surface area contributed by atoms with Crippen LogP contribution in [-0.4, -0.2) is 24.1 Å². The van der Waals surface area contributed by atoms with Crippen LogP contribution in [0.15, 0.2) is 71.2 Å². The lowest BCUT2D eigenvalue weighted by atomic mass is 9.65. The fraction of sp³-hybridized carbons (Fsp3) is 0.406. The molecule has 1 N–H and O–H groups in total. The fourth-order valence-electron chi connectivity index (χ4n) is 5.90. The minimum absolute atomic E-state index is 0.00238. The van der Waals surface area contributed by atoms with Crippen LogP contribution in [0.3, 0.4) is 0 Å². The predicted molar refractivity (Wildman–Crippen MR) is 146 cm³/mol. The Labute approximate surface area is 224 Å². The molecule has 6 nitrogen and oxygen atoms in total. The highest BCUT2D eigenvalue weighted by molar-refractivity contribution is 6.06. The maximum Gasteiger partial charge on any atom is 0.262 e. The van der Waals surface area contributed by atoms with Gasteiger partial charge >= 0.3 is 0 Å². The molecule has 1 heterocycles. The van der Waals surface area contributed by atoms with E-state index in [9.17, 15) is 14.4 Å². The van der Waals surface area contributed by atoms with Crippen LogP contribution in [0.25, 0.3) is 0 Å². The van der Waals surface area contributed by atoms with Gasteiger partial charge in [0.25, 0.3) is 5.91 Å². The van der Waals surface area contributed by atoms with E-state index in [1.807, 2.05) is 49.4 Å². The third kappa shape index (κ3) is 5.17. The van der Waals surface area contributed by atoms with Crippen LogP contribution in [0.2, 0.25) is 0 Å². The summed E-state index contributed by atoms with van der Waals surface area (Å²) in [6, 6.07) is 15.0. The Kier molecular flexibility index (Phi) is 6.54. The number of carbonyl (C=O) groups excluding carboxylic acids is 3. The second-order valence-electron chi connectivity index (χ2n) is 12.3. The number of benzene rings is 2. The van der Waals surface area contributed by atoms with Crippen LogP contribution in [0.5, 0.6) is 5.75 Å². The molecule has 2 aromatic carbocycles. The number of hydrogen-bond acceptors (Lipinski definition) is 5. The van der Waals surface area contributed by atoms with Crippen LogP contribution in [-0.2, 0) is 19.1 Å². The highest BCUT2D eigenvalue weighted by atomic mass is 16.5. The van der Waals surface area contributed by atoms with Gasteiger partial charge in [-0.2, -0.15) is 0 Å². The number of ketones is 2. The van der Waals surface area contributed by atoms with Crippen molar-refractivity contribution in [3.8, 4) is 5.75 Å². The summed E-state index contributed by atoms with van der Waals surface area (Å²) in [5, 5.41) is 2.86.